The lowest BCUT2D eigenvalue weighted by molar-refractivity contribution is -0.120. The minimum absolute atomic E-state index is 0.0189. The zero-order chi connectivity index (χ0) is 20.2. The van der Waals surface area contributed by atoms with Gasteiger partial charge in [-0.2, -0.15) is 5.10 Å². The number of amides is 1. The first-order valence-electron chi connectivity index (χ1n) is 9.52. The largest absolute Gasteiger partial charge is 0.357 e. The van der Waals surface area contributed by atoms with E-state index in [0.717, 1.165) is 47.6 Å². The monoisotopic (exact) mass is 473 g/mol. The van der Waals surface area contributed by atoms with Crippen molar-refractivity contribution in [3.8, 4) is 0 Å². The predicted octanol–water partition coefficient (Wildman–Crippen LogP) is 4.60. The number of piperidine rings is 1. The summed E-state index contributed by atoms with van der Waals surface area (Å²) < 4.78 is 2.85. The van der Waals surface area contributed by atoms with Crippen LogP contribution in [0.25, 0.3) is 0 Å². The van der Waals surface area contributed by atoms with Gasteiger partial charge in [0.05, 0.1) is 17.8 Å². The highest BCUT2D eigenvalue weighted by atomic mass is 79.9. The highest BCUT2D eigenvalue weighted by Crippen LogP contribution is 2.24. The van der Waals surface area contributed by atoms with Gasteiger partial charge in [-0.05, 0) is 42.7 Å². The number of anilines is 2. The standard InChI is InChI=1S/C21H21BrClN5O/c22-17-3-1-15(2-4-17)14-28-20(7-10-25-28)26-21(29)16-8-11-27(12-9-16)19-6-5-18(23)13-24-19/h1-7,10,13,16H,8-9,11-12,14H2,(H,26,29). The summed E-state index contributed by atoms with van der Waals surface area (Å²) in [5.41, 5.74) is 1.12. The molecule has 0 unspecified atom stereocenters. The van der Waals surface area contributed by atoms with Crippen LogP contribution in [0.5, 0.6) is 0 Å². The third kappa shape index (κ3) is 4.97. The molecular weight excluding hydrogens is 454 g/mol. The Morgan fingerprint density at radius 1 is 1.14 bits per heavy atom. The average Bonchev–Trinajstić information content (AvgIpc) is 3.17. The molecule has 0 atom stereocenters. The van der Waals surface area contributed by atoms with Crippen molar-refractivity contribution in [3.05, 3.63) is 69.9 Å². The fourth-order valence-corrected chi connectivity index (χ4v) is 3.86. The molecule has 0 radical (unpaired) electrons. The number of carbonyl (C=O) groups excluding carboxylic acids is 1. The number of hydrogen-bond donors (Lipinski definition) is 1. The maximum Gasteiger partial charge on any atom is 0.228 e. The molecule has 1 N–H and O–H groups in total. The number of hydrogen-bond acceptors (Lipinski definition) is 4. The van der Waals surface area contributed by atoms with Gasteiger partial charge >= 0.3 is 0 Å². The van der Waals surface area contributed by atoms with Gasteiger partial charge in [-0.1, -0.05) is 39.7 Å². The van der Waals surface area contributed by atoms with E-state index in [4.69, 9.17) is 11.6 Å². The van der Waals surface area contributed by atoms with Crippen LogP contribution in [0.3, 0.4) is 0 Å². The molecule has 1 aromatic carbocycles. The highest BCUT2D eigenvalue weighted by Gasteiger charge is 2.26. The number of halogens is 2. The van der Waals surface area contributed by atoms with Crippen LogP contribution >= 0.6 is 27.5 Å². The Morgan fingerprint density at radius 2 is 1.90 bits per heavy atom. The minimum Gasteiger partial charge on any atom is -0.357 e. The molecule has 2 aromatic heterocycles. The molecule has 29 heavy (non-hydrogen) atoms. The number of nitrogens with zero attached hydrogens (tertiary/aromatic N) is 4. The van der Waals surface area contributed by atoms with Gasteiger partial charge in [-0.3, -0.25) is 4.79 Å². The lowest BCUT2D eigenvalue weighted by atomic mass is 9.96. The third-order valence-electron chi connectivity index (χ3n) is 5.11. The molecule has 0 aliphatic carbocycles. The molecule has 8 heteroatoms. The Labute approximate surface area is 183 Å². The number of nitrogens with one attached hydrogen (secondary N) is 1. The quantitative estimate of drug-likeness (QED) is 0.587. The number of aromatic nitrogens is 3. The number of pyridine rings is 1. The van der Waals surface area contributed by atoms with Crippen molar-refractivity contribution < 1.29 is 4.79 Å². The number of rotatable bonds is 5. The van der Waals surface area contributed by atoms with E-state index in [9.17, 15) is 4.79 Å². The molecule has 1 amide bonds. The van der Waals surface area contributed by atoms with Gasteiger partial charge in [0.25, 0.3) is 0 Å². The maximum absolute atomic E-state index is 12.8. The topological polar surface area (TPSA) is 63.1 Å². The third-order valence-corrected chi connectivity index (χ3v) is 5.87. The average molecular weight is 475 g/mol. The molecule has 0 bridgehead atoms. The van der Waals surface area contributed by atoms with E-state index in [2.05, 4.69) is 36.2 Å². The fraction of sp³-hybridized carbons (Fsp3) is 0.286. The normalized spacial score (nSPS) is 14.8. The maximum atomic E-state index is 12.8. The van der Waals surface area contributed by atoms with Crippen LogP contribution in [0.2, 0.25) is 5.02 Å². The Kier molecular flexibility index (Phi) is 6.16. The van der Waals surface area contributed by atoms with Crippen molar-refractivity contribution in [1.29, 1.82) is 0 Å². The summed E-state index contributed by atoms with van der Waals surface area (Å²) in [4.78, 5) is 19.4. The van der Waals surface area contributed by atoms with E-state index < -0.39 is 0 Å². The predicted molar refractivity (Wildman–Crippen MR) is 118 cm³/mol. The minimum atomic E-state index is -0.0189. The molecule has 1 fully saturated rings. The van der Waals surface area contributed by atoms with Gasteiger partial charge in [0.15, 0.2) is 0 Å². The van der Waals surface area contributed by atoms with Crippen molar-refractivity contribution in [1.82, 2.24) is 14.8 Å². The van der Waals surface area contributed by atoms with E-state index in [-0.39, 0.29) is 11.8 Å². The van der Waals surface area contributed by atoms with Crippen molar-refractivity contribution in [2.45, 2.75) is 19.4 Å². The summed E-state index contributed by atoms with van der Waals surface area (Å²) in [6, 6.07) is 13.7. The van der Waals surface area contributed by atoms with Crippen molar-refractivity contribution >= 4 is 45.1 Å². The Hall–Kier alpha value is -2.38. The van der Waals surface area contributed by atoms with Crippen LogP contribution in [0.4, 0.5) is 11.6 Å². The molecular formula is C21H21BrClN5O. The first kappa shape index (κ1) is 19.9. The summed E-state index contributed by atoms with van der Waals surface area (Å²) in [5, 5.41) is 8.04. The lowest BCUT2D eigenvalue weighted by Crippen LogP contribution is -2.38. The fourth-order valence-electron chi connectivity index (χ4n) is 3.48. The second kappa shape index (κ2) is 8.97. The van der Waals surface area contributed by atoms with Crippen LogP contribution in [-0.2, 0) is 11.3 Å². The molecule has 1 saturated heterocycles. The molecule has 0 spiro atoms. The summed E-state index contributed by atoms with van der Waals surface area (Å²) in [6.45, 7) is 2.20. The zero-order valence-corrected chi connectivity index (χ0v) is 18.1. The first-order chi connectivity index (χ1) is 14.1. The second-order valence-corrected chi connectivity index (χ2v) is 8.44. The molecule has 0 saturated carbocycles. The van der Waals surface area contributed by atoms with E-state index >= 15 is 0 Å². The van der Waals surface area contributed by atoms with E-state index in [1.54, 1.807) is 12.4 Å². The van der Waals surface area contributed by atoms with Crippen molar-refractivity contribution in [3.63, 3.8) is 0 Å². The zero-order valence-electron chi connectivity index (χ0n) is 15.8. The molecule has 6 nitrogen and oxygen atoms in total. The van der Waals surface area contributed by atoms with Gasteiger partial charge < -0.3 is 10.2 Å². The molecule has 4 rings (SSSR count). The van der Waals surface area contributed by atoms with Crippen molar-refractivity contribution in [2.75, 3.05) is 23.3 Å². The van der Waals surface area contributed by atoms with Crippen LogP contribution in [0, 0.1) is 5.92 Å². The smallest absolute Gasteiger partial charge is 0.228 e. The first-order valence-corrected chi connectivity index (χ1v) is 10.7. The molecule has 3 aromatic rings. The van der Waals surface area contributed by atoms with Gasteiger partial charge in [-0.25, -0.2) is 9.67 Å². The van der Waals surface area contributed by atoms with Crippen LogP contribution in [-0.4, -0.2) is 33.8 Å². The Balaban J connectivity index is 1.34. The van der Waals surface area contributed by atoms with Gasteiger partial charge in [0.2, 0.25) is 5.91 Å². The number of carbonyl (C=O) groups is 1. The SMILES string of the molecule is O=C(Nc1ccnn1Cc1ccc(Br)cc1)C1CCN(c2ccc(Cl)cn2)CC1. The molecule has 3 heterocycles. The molecule has 150 valence electrons. The van der Waals surface area contributed by atoms with Crippen LogP contribution < -0.4 is 10.2 Å². The highest BCUT2D eigenvalue weighted by molar-refractivity contribution is 9.10. The van der Waals surface area contributed by atoms with E-state index in [0.29, 0.717) is 11.6 Å². The van der Waals surface area contributed by atoms with Crippen molar-refractivity contribution in [2.24, 2.45) is 5.92 Å². The number of benzene rings is 1. The Bertz CT molecular complexity index is 965. The lowest BCUT2D eigenvalue weighted by Gasteiger charge is -2.32. The van der Waals surface area contributed by atoms with Gasteiger partial charge in [0.1, 0.15) is 11.6 Å². The summed E-state index contributed by atoms with van der Waals surface area (Å²) >= 11 is 9.35. The second-order valence-electron chi connectivity index (χ2n) is 7.09. The van der Waals surface area contributed by atoms with Crippen LogP contribution in [0.1, 0.15) is 18.4 Å². The van der Waals surface area contributed by atoms with E-state index in [1.165, 1.54) is 0 Å². The molecule has 1 aliphatic heterocycles. The summed E-state index contributed by atoms with van der Waals surface area (Å²) in [7, 11) is 0. The van der Waals surface area contributed by atoms with Gasteiger partial charge in [0, 0.05) is 35.7 Å². The summed E-state index contributed by atoms with van der Waals surface area (Å²) in [5.74, 6) is 1.65. The Morgan fingerprint density at radius 3 is 2.59 bits per heavy atom. The van der Waals surface area contributed by atoms with E-state index in [1.807, 2.05) is 47.1 Å². The summed E-state index contributed by atoms with van der Waals surface area (Å²) in [6.07, 6.45) is 4.94. The van der Waals surface area contributed by atoms with Gasteiger partial charge in [-0.15, -0.1) is 0 Å². The molecule has 1 aliphatic rings. The van der Waals surface area contributed by atoms with Crippen LogP contribution in [0.15, 0.2) is 59.3 Å².